The van der Waals surface area contributed by atoms with Crippen LogP contribution in [-0.4, -0.2) is 32.6 Å². The summed E-state index contributed by atoms with van der Waals surface area (Å²) in [6.07, 6.45) is 10.5. The molecule has 2 aliphatic rings. The summed E-state index contributed by atoms with van der Waals surface area (Å²) >= 11 is 0. The zero-order chi connectivity index (χ0) is 16.1. The monoisotopic (exact) mass is 317 g/mol. The van der Waals surface area contributed by atoms with Crippen molar-refractivity contribution in [1.82, 2.24) is 19.5 Å². The van der Waals surface area contributed by atoms with Gasteiger partial charge in [-0.25, -0.2) is 9.97 Å². The third kappa shape index (κ3) is 1.90. The average Bonchev–Trinajstić information content (AvgIpc) is 3.18. The van der Waals surface area contributed by atoms with Crippen LogP contribution >= 0.6 is 0 Å². The lowest BCUT2D eigenvalue weighted by molar-refractivity contribution is 0.408. The van der Waals surface area contributed by atoms with Crippen LogP contribution in [0.15, 0.2) is 42.9 Å². The van der Waals surface area contributed by atoms with Crippen molar-refractivity contribution >= 4 is 23.2 Å². The number of imidazole rings is 1. The number of piperidine rings is 1. The SMILES string of the molecule is Cn1cnc2cnc(N3CCC4(C=Cc5ccccc54)CC3)nc21. The van der Waals surface area contributed by atoms with E-state index in [2.05, 4.69) is 51.3 Å². The van der Waals surface area contributed by atoms with Gasteiger partial charge in [0.1, 0.15) is 5.52 Å². The van der Waals surface area contributed by atoms with Gasteiger partial charge in [-0.3, -0.25) is 0 Å². The minimum atomic E-state index is 0.198. The van der Waals surface area contributed by atoms with Crippen molar-refractivity contribution in [2.24, 2.45) is 7.05 Å². The molecule has 5 heteroatoms. The number of aromatic nitrogens is 4. The molecule has 0 radical (unpaired) electrons. The summed E-state index contributed by atoms with van der Waals surface area (Å²) in [4.78, 5) is 15.8. The number of aryl methyl sites for hydroxylation is 1. The number of hydrogen-bond donors (Lipinski definition) is 0. The quantitative estimate of drug-likeness (QED) is 0.692. The van der Waals surface area contributed by atoms with E-state index in [0.717, 1.165) is 43.0 Å². The van der Waals surface area contributed by atoms with Crippen molar-refractivity contribution < 1.29 is 0 Å². The predicted octanol–water partition coefficient (Wildman–Crippen LogP) is 2.93. The molecule has 120 valence electrons. The zero-order valence-corrected chi connectivity index (χ0v) is 13.7. The fraction of sp³-hybridized carbons (Fsp3) is 0.316. The number of benzene rings is 1. The number of rotatable bonds is 1. The van der Waals surface area contributed by atoms with Gasteiger partial charge >= 0.3 is 0 Å². The maximum absolute atomic E-state index is 4.72. The minimum absolute atomic E-state index is 0.198. The first-order valence-electron chi connectivity index (χ1n) is 8.43. The molecule has 1 spiro atoms. The van der Waals surface area contributed by atoms with E-state index >= 15 is 0 Å². The summed E-state index contributed by atoms with van der Waals surface area (Å²) in [5, 5.41) is 0. The van der Waals surface area contributed by atoms with Gasteiger partial charge in [-0.15, -0.1) is 0 Å². The first-order chi connectivity index (χ1) is 11.8. The highest BCUT2D eigenvalue weighted by atomic mass is 15.3. The van der Waals surface area contributed by atoms with E-state index in [1.807, 2.05) is 17.8 Å². The number of hydrogen-bond acceptors (Lipinski definition) is 4. The maximum atomic E-state index is 4.72. The molecule has 1 aliphatic heterocycles. The predicted molar refractivity (Wildman–Crippen MR) is 94.9 cm³/mol. The molecule has 5 rings (SSSR count). The normalized spacial score (nSPS) is 18.5. The average molecular weight is 317 g/mol. The Kier molecular flexibility index (Phi) is 2.80. The Morgan fingerprint density at radius 2 is 1.92 bits per heavy atom. The lowest BCUT2D eigenvalue weighted by atomic mass is 9.74. The second kappa shape index (κ2) is 4.90. The van der Waals surface area contributed by atoms with Crippen molar-refractivity contribution in [2.45, 2.75) is 18.3 Å². The van der Waals surface area contributed by atoms with Crippen LogP contribution in [-0.2, 0) is 12.5 Å². The Balaban J connectivity index is 1.42. The summed E-state index contributed by atoms with van der Waals surface area (Å²) in [6, 6.07) is 8.77. The van der Waals surface area contributed by atoms with Crippen molar-refractivity contribution in [3.05, 3.63) is 54.0 Å². The number of nitrogens with zero attached hydrogens (tertiary/aromatic N) is 5. The highest BCUT2D eigenvalue weighted by Crippen LogP contribution is 2.43. The molecule has 2 aromatic heterocycles. The molecular formula is C19H19N5. The van der Waals surface area contributed by atoms with Crippen molar-refractivity contribution in [1.29, 1.82) is 0 Å². The van der Waals surface area contributed by atoms with Gasteiger partial charge in [0.2, 0.25) is 5.95 Å². The summed E-state index contributed by atoms with van der Waals surface area (Å²) < 4.78 is 1.95. The topological polar surface area (TPSA) is 46.8 Å². The molecule has 1 aromatic carbocycles. The van der Waals surface area contributed by atoms with E-state index in [4.69, 9.17) is 4.98 Å². The molecule has 3 aromatic rings. The van der Waals surface area contributed by atoms with Gasteiger partial charge in [0.25, 0.3) is 0 Å². The lowest BCUT2D eigenvalue weighted by Crippen LogP contribution is -2.41. The Labute approximate surface area is 140 Å². The van der Waals surface area contributed by atoms with Crippen LogP contribution in [0.4, 0.5) is 5.95 Å². The first kappa shape index (κ1) is 13.7. The van der Waals surface area contributed by atoms with E-state index in [-0.39, 0.29) is 5.41 Å². The van der Waals surface area contributed by atoms with Crippen LogP contribution in [0.2, 0.25) is 0 Å². The zero-order valence-electron chi connectivity index (χ0n) is 13.7. The fourth-order valence-corrected chi connectivity index (χ4v) is 4.04. The van der Waals surface area contributed by atoms with Gasteiger partial charge < -0.3 is 9.47 Å². The first-order valence-corrected chi connectivity index (χ1v) is 8.43. The van der Waals surface area contributed by atoms with Crippen LogP contribution in [0.1, 0.15) is 24.0 Å². The van der Waals surface area contributed by atoms with Gasteiger partial charge in [-0.1, -0.05) is 36.4 Å². The Morgan fingerprint density at radius 3 is 2.79 bits per heavy atom. The summed E-state index contributed by atoms with van der Waals surface area (Å²) in [5.74, 6) is 0.816. The molecule has 0 unspecified atom stereocenters. The standard InChI is InChI=1S/C19H19N5/c1-23-13-21-16-12-20-18(22-17(16)23)24-10-8-19(9-11-24)7-6-14-4-2-3-5-15(14)19/h2-7,12-13H,8-11H2,1H3. The van der Waals surface area contributed by atoms with Crippen LogP contribution in [0.3, 0.4) is 0 Å². The number of allylic oxidation sites excluding steroid dienone is 1. The molecule has 1 aliphatic carbocycles. The summed E-state index contributed by atoms with van der Waals surface area (Å²) in [6.45, 7) is 1.95. The Bertz CT molecular complexity index is 947. The van der Waals surface area contributed by atoms with Crippen LogP contribution in [0.25, 0.3) is 17.2 Å². The van der Waals surface area contributed by atoms with E-state index in [9.17, 15) is 0 Å². The highest BCUT2D eigenvalue weighted by molar-refractivity contribution is 5.71. The molecule has 0 saturated carbocycles. The van der Waals surface area contributed by atoms with Crippen molar-refractivity contribution in [2.75, 3.05) is 18.0 Å². The fourth-order valence-electron chi connectivity index (χ4n) is 4.04. The maximum Gasteiger partial charge on any atom is 0.227 e. The van der Waals surface area contributed by atoms with Gasteiger partial charge in [0.15, 0.2) is 5.65 Å². The molecule has 1 fully saturated rings. The van der Waals surface area contributed by atoms with Crippen LogP contribution in [0, 0.1) is 0 Å². The van der Waals surface area contributed by atoms with Gasteiger partial charge in [0.05, 0.1) is 12.5 Å². The van der Waals surface area contributed by atoms with E-state index < -0.39 is 0 Å². The van der Waals surface area contributed by atoms with Gasteiger partial charge in [0, 0.05) is 25.6 Å². The molecule has 5 nitrogen and oxygen atoms in total. The number of fused-ring (bicyclic) bond motifs is 3. The summed E-state index contributed by atoms with van der Waals surface area (Å²) in [5.41, 5.74) is 4.80. The Morgan fingerprint density at radius 1 is 1.08 bits per heavy atom. The second-order valence-electron chi connectivity index (χ2n) is 6.80. The number of anilines is 1. The molecule has 0 amide bonds. The van der Waals surface area contributed by atoms with E-state index in [1.54, 1.807) is 6.33 Å². The van der Waals surface area contributed by atoms with Gasteiger partial charge in [-0.2, -0.15) is 4.98 Å². The molecule has 1 saturated heterocycles. The second-order valence-corrected chi connectivity index (χ2v) is 6.80. The van der Waals surface area contributed by atoms with Crippen LogP contribution in [0.5, 0.6) is 0 Å². The van der Waals surface area contributed by atoms with E-state index in [0.29, 0.717) is 0 Å². The molecule has 24 heavy (non-hydrogen) atoms. The smallest absolute Gasteiger partial charge is 0.227 e. The van der Waals surface area contributed by atoms with Gasteiger partial charge in [-0.05, 0) is 24.0 Å². The molecule has 0 N–H and O–H groups in total. The molecule has 0 atom stereocenters. The Hall–Kier alpha value is -2.69. The van der Waals surface area contributed by atoms with Crippen molar-refractivity contribution in [3.8, 4) is 0 Å². The van der Waals surface area contributed by atoms with Crippen molar-refractivity contribution in [3.63, 3.8) is 0 Å². The largest absolute Gasteiger partial charge is 0.341 e. The third-order valence-corrected chi connectivity index (χ3v) is 5.46. The molecule has 0 bridgehead atoms. The van der Waals surface area contributed by atoms with Crippen LogP contribution < -0.4 is 4.90 Å². The van der Waals surface area contributed by atoms with E-state index in [1.165, 1.54) is 11.1 Å². The minimum Gasteiger partial charge on any atom is -0.341 e. The molecule has 3 heterocycles. The summed E-state index contributed by atoms with van der Waals surface area (Å²) in [7, 11) is 1.97. The highest BCUT2D eigenvalue weighted by Gasteiger charge is 2.38. The molecular weight excluding hydrogens is 298 g/mol. The third-order valence-electron chi connectivity index (χ3n) is 5.46. The lowest BCUT2D eigenvalue weighted by Gasteiger charge is -2.39.